The minimum absolute atomic E-state index is 0.255. The Hall–Kier alpha value is -1.32. The van der Waals surface area contributed by atoms with Crippen LogP contribution in [0.1, 0.15) is 24.6 Å². The molecule has 2 atom stereocenters. The predicted octanol–water partition coefficient (Wildman–Crippen LogP) is 1.25. The first-order valence-corrected chi connectivity index (χ1v) is 5.32. The molecule has 15 heavy (non-hydrogen) atoms. The van der Waals surface area contributed by atoms with Crippen molar-refractivity contribution in [3.8, 4) is 0 Å². The van der Waals surface area contributed by atoms with Crippen molar-refractivity contribution in [2.75, 3.05) is 0 Å². The molecular weight excluding hydrogens is 192 g/mol. The summed E-state index contributed by atoms with van der Waals surface area (Å²) in [5.41, 5.74) is 2.49. The fourth-order valence-electron chi connectivity index (χ4n) is 2.30. The number of aliphatic carboxylic acids is 1. The Labute approximate surface area is 88.9 Å². The smallest absolute Gasteiger partial charge is 0.306 e. The lowest BCUT2D eigenvalue weighted by atomic mass is 9.80. The molecule has 0 spiro atoms. The quantitative estimate of drug-likeness (QED) is 0.795. The normalized spacial score (nSPS) is 22.1. The van der Waals surface area contributed by atoms with Gasteiger partial charge in [0.25, 0.3) is 0 Å². The number of carbonyl (C=O) groups is 1. The highest BCUT2D eigenvalue weighted by molar-refractivity contribution is 5.70. The highest BCUT2D eigenvalue weighted by Crippen LogP contribution is 2.29. The summed E-state index contributed by atoms with van der Waals surface area (Å²) in [6.07, 6.45) is 4.67. The van der Waals surface area contributed by atoms with Crippen molar-refractivity contribution in [2.24, 2.45) is 18.9 Å². The molecule has 1 aromatic heterocycles. The number of aromatic nitrogens is 2. The number of carboxylic acid groups (broad SMARTS) is 1. The standard InChI is InChI=1S/C11H16N2O2/c1-7(11(14)15)8-3-4-9-6-12-13(2)10(9)5-8/h6-8H,3-5H2,1-2H3,(H,14,15). The summed E-state index contributed by atoms with van der Waals surface area (Å²) in [7, 11) is 1.92. The molecule has 0 bridgehead atoms. The summed E-state index contributed by atoms with van der Waals surface area (Å²) >= 11 is 0. The zero-order valence-corrected chi connectivity index (χ0v) is 9.10. The summed E-state index contributed by atoms with van der Waals surface area (Å²) < 4.78 is 1.87. The van der Waals surface area contributed by atoms with Crippen molar-refractivity contribution in [1.82, 2.24) is 9.78 Å². The van der Waals surface area contributed by atoms with E-state index >= 15 is 0 Å². The molecule has 0 saturated carbocycles. The Balaban J connectivity index is 2.17. The molecule has 1 heterocycles. The van der Waals surface area contributed by atoms with Gasteiger partial charge in [-0.25, -0.2) is 0 Å². The minimum Gasteiger partial charge on any atom is -0.481 e. The first-order valence-electron chi connectivity index (χ1n) is 5.32. The lowest BCUT2D eigenvalue weighted by Gasteiger charge is -2.25. The maximum Gasteiger partial charge on any atom is 0.306 e. The molecule has 0 amide bonds. The van der Waals surface area contributed by atoms with Gasteiger partial charge < -0.3 is 5.11 Å². The van der Waals surface area contributed by atoms with Crippen LogP contribution >= 0.6 is 0 Å². The van der Waals surface area contributed by atoms with Gasteiger partial charge in [0, 0.05) is 12.7 Å². The van der Waals surface area contributed by atoms with Gasteiger partial charge in [-0.3, -0.25) is 9.48 Å². The molecule has 2 rings (SSSR count). The number of rotatable bonds is 2. The number of nitrogens with zero attached hydrogens (tertiary/aromatic N) is 2. The number of aryl methyl sites for hydroxylation is 2. The number of hydrogen-bond donors (Lipinski definition) is 1. The summed E-state index contributed by atoms with van der Waals surface area (Å²) in [4.78, 5) is 10.9. The van der Waals surface area contributed by atoms with Gasteiger partial charge in [-0.15, -0.1) is 0 Å². The second kappa shape index (κ2) is 3.68. The predicted molar refractivity (Wildman–Crippen MR) is 55.5 cm³/mol. The van der Waals surface area contributed by atoms with Crippen LogP contribution in [-0.4, -0.2) is 20.9 Å². The van der Waals surface area contributed by atoms with E-state index in [1.165, 1.54) is 11.3 Å². The van der Waals surface area contributed by atoms with Crippen molar-refractivity contribution in [2.45, 2.75) is 26.2 Å². The average Bonchev–Trinajstić information content (AvgIpc) is 2.59. The maximum absolute atomic E-state index is 10.9. The first-order chi connectivity index (χ1) is 7.09. The Bertz CT molecular complexity index is 384. The monoisotopic (exact) mass is 208 g/mol. The van der Waals surface area contributed by atoms with Crippen LogP contribution in [0.2, 0.25) is 0 Å². The fraction of sp³-hybridized carbons (Fsp3) is 0.636. The third kappa shape index (κ3) is 1.76. The van der Waals surface area contributed by atoms with E-state index in [0.29, 0.717) is 0 Å². The second-order valence-electron chi connectivity index (χ2n) is 4.37. The Morgan fingerprint density at radius 1 is 1.73 bits per heavy atom. The zero-order chi connectivity index (χ0) is 11.0. The van der Waals surface area contributed by atoms with Gasteiger partial charge in [-0.2, -0.15) is 5.10 Å². The topological polar surface area (TPSA) is 55.1 Å². The Kier molecular flexibility index (Phi) is 2.50. The molecule has 2 unspecified atom stereocenters. The zero-order valence-electron chi connectivity index (χ0n) is 9.10. The average molecular weight is 208 g/mol. The third-order valence-electron chi connectivity index (χ3n) is 3.48. The molecule has 0 fully saturated rings. The van der Waals surface area contributed by atoms with Crippen molar-refractivity contribution < 1.29 is 9.90 Å². The van der Waals surface area contributed by atoms with E-state index in [2.05, 4.69) is 5.10 Å². The van der Waals surface area contributed by atoms with Crippen LogP contribution in [0, 0.1) is 11.8 Å². The molecule has 82 valence electrons. The number of hydrogen-bond acceptors (Lipinski definition) is 2. The maximum atomic E-state index is 10.9. The van der Waals surface area contributed by atoms with Gasteiger partial charge in [0.1, 0.15) is 0 Å². The van der Waals surface area contributed by atoms with E-state index in [1.807, 2.05) is 17.9 Å². The molecule has 1 aliphatic rings. The summed E-state index contributed by atoms with van der Waals surface area (Å²) in [6, 6.07) is 0. The van der Waals surface area contributed by atoms with E-state index in [4.69, 9.17) is 5.11 Å². The van der Waals surface area contributed by atoms with Crippen molar-refractivity contribution >= 4 is 5.97 Å². The van der Waals surface area contributed by atoms with E-state index in [0.717, 1.165) is 19.3 Å². The lowest BCUT2D eigenvalue weighted by molar-refractivity contribution is -0.143. The third-order valence-corrected chi connectivity index (χ3v) is 3.48. The van der Waals surface area contributed by atoms with Crippen LogP contribution in [0.5, 0.6) is 0 Å². The van der Waals surface area contributed by atoms with Crippen LogP contribution < -0.4 is 0 Å². The minimum atomic E-state index is -0.689. The van der Waals surface area contributed by atoms with Crippen molar-refractivity contribution in [3.05, 3.63) is 17.5 Å². The summed E-state index contributed by atoms with van der Waals surface area (Å²) in [5, 5.41) is 13.2. The summed E-state index contributed by atoms with van der Waals surface area (Å²) in [6.45, 7) is 1.80. The van der Waals surface area contributed by atoms with E-state index < -0.39 is 5.97 Å². The van der Waals surface area contributed by atoms with E-state index in [-0.39, 0.29) is 11.8 Å². The molecule has 1 N–H and O–H groups in total. The van der Waals surface area contributed by atoms with Gasteiger partial charge in [-0.05, 0) is 30.7 Å². The number of fused-ring (bicyclic) bond motifs is 1. The molecule has 4 nitrogen and oxygen atoms in total. The summed E-state index contributed by atoms with van der Waals surface area (Å²) in [5.74, 6) is -0.691. The number of carboxylic acids is 1. The largest absolute Gasteiger partial charge is 0.481 e. The van der Waals surface area contributed by atoms with Crippen molar-refractivity contribution in [3.63, 3.8) is 0 Å². The molecule has 0 radical (unpaired) electrons. The molecule has 1 aliphatic carbocycles. The Morgan fingerprint density at radius 3 is 3.13 bits per heavy atom. The molecular formula is C11H16N2O2. The molecule has 4 heteroatoms. The van der Waals surface area contributed by atoms with Gasteiger partial charge >= 0.3 is 5.97 Å². The molecule has 0 aromatic carbocycles. The van der Waals surface area contributed by atoms with Gasteiger partial charge in [0.05, 0.1) is 12.1 Å². The molecule has 0 aliphatic heterocycles. The molecule has 0 saturated heterocycles. The van der Waals surface area contributed by atoms with Crippen LogP contribution in [0.15, 0.2) is 6.20 Å². The van der Waals surface area contributed by atoms with Crippen LogP contribution in [-0.2, 0) is 24.7 Å². The van der Waals surface area contributed by atoms with Crippen LogP contribution in [0.3, 0.4) is 0 Å². The van der Waals surface area contributed by atoms with Gasteiger partial charge in [0.15, 0.2) is 0 Å². The van der Waals surface area contributed by atoms with Gasteiger partial charge in [0.2, 0.25) is 0 Å². The van der Waals surface area contributed by atoms with Crippen LogP contribution in [0.4, 0.5) is 0 Å². The van der Waals surface area contributed by atoms with E-state index in [1.54, 1.807) is 6.92 Å². The highest BCUT2D eigenvalue weighted by Gasteiger charge is 2.29. The van der Waals surface area contributed by atoms with Gasteiger partial charge in [-0.1, -0.05) is 6.92 Å². The second-order valence-corrected chi connectivity index (χ2v) is 4.37. The Morgan fingerprint density at radius 2 is 2.47 bits per heavy atom. The first kappa shape index (κ1) is 10.2. The fourth-order valence-corrected chi connectivity index (χ4v) is 2.30. The van der Waals surface area contributed by atoms with E-state index in [9.17, 15) is 4.79 Å². The van der Waals surface area contributed by atoms with Crippen molar-refractivity contribution in [1.29, 1.82) is 0 Å². The SMILES string of the molecule is CC(C(=O)O)C1CCc2cnn(C)c2C1. The lowest BCUT2D eigenvalue weighted by Crippen LogP contribution is -2.27. The highest BCUT2D eigenvalue weighted by atomic mass is 16.4. The van der Waals surface area contributed by atoms with Crippen LogP contribution in [0.25, 0.3) is 0 Å². The molecule has 1 aromatic rings.